The lowest BCUT2D eigenvalue weighted by atomic mass is 9.83. The van der Waals surface area contributed by atoms with E-state index in [0.29, 0.717) is 0 Å². The van der Waals surface area contributed by atoms with Crippen LogP contribution in [-0.4, -0.2) is 5.38 Å². The van der Waals surface area contributed by atoms with Crippen molar-refractivity contribution >= 4 is 11.6 Å². The van der Waals surface area contributed by atoms with Crippen LogP contribution in [0.5, 0.6) is 0 Å². The van der Waals surface area contributed by atoms with Crippen LogP contribution in [0.3, 0.4) is 0 Å². The summed E-state index contributed by atoms with van der Waals surface area (Å²) in [6.45, 7) is 0. The number of halogens is 4. The van der Waals surface area contributed by atoms with Gasteiger partial charge in [0.05, 0.1) is 5.56 Å². The summed E-state index contributed by atoms with van der Waals surface area (Å²) in [4.78, 5) is 0. The number of alkyl halides is 4. The maximum atomic E-state index is 12.4. The number of hydrogen-bond donors (Lipinski definition) is 0. The molecule has 0 saturated heterocycles. The first-order valence-corrected chi connectivity index (χ1v) is 6.23. The molecule has 0 amide bonds. The standard InChI is InChI=1S/C13H14ClF3/c14-12-4-2-1-3-11(12)9-5-7-10(8-6-9)13(15,16)17/h5-8,11-12H,1-4H2. The Morgan fingerprint density at radius 1 is 1.00 bits per heavy atom. The lowest BCUT2D eigenvalue weighted by Gasteiger charge is -2.27. The Balaban J connectivity index is 2.17. The molecule has 94 valence electrons. The average molecular weight is 263 g/mol. The van der Waals surface area contributed by atoms with Gasteiger partial charge in [-0.15, -0.1) is 11.6 Å². The summed E-state index contributed by atoms with van der Waals surface area (Å²) in [6.07, 6.45) is -0.113. The smallest absolute Gasteiger partial charge is 0.166 e. The molecule has 0 bridgehead atoms. The van der Waals surface area contributed by atoms with Crippen molar-refractivity contribution < 1.29 is 13.2 Å². The minimum atomic E-state index is -4.26. The van der Waals surface area contributed by atoms with Crippen molar-refractivity contribution in [3.05, 3.63) is 35.4 Å². The zero-order chi connectivity index (χ0) is 12.5. The van der Waals surface area contributed by atoms with Crippen molar-refractivity contribution in [1.82, 2.24) is 0 Å². The zero-order valence-electron chi connectivity index (χ0n) is 9.30. The second-order valence-electron chi connectivity index (χ2n) is 4.53. The van der Waals surface area contributed by atoms with Gasteiger partial charge in [0.25, 0.3) is 0 Å². The zero-order valence-corrected chi connectivity index (χ0v) is 10.1. The van der Waals surface area contributed by atoms with Gasteiger partial charge in [-0.3, -0.25) is 0 Å². The van der Waals surface area contributed by atoms with Gasteiger partial charge in [0, 0.05) is 11.3 Å². The van der Waals surface area contributed by atoms with E-state index in [2.05, 4.69) is 0 Å². The topological polar surface area (TPSA) is 0 Å². The summed E-state index contributed by atoms with van der Waals surface area (Å²) < 4.78 is 37.2. The van der Waals surface area contributed by atoms with Crippen LogP contribution in [-0.2, 0) is 6.18 Å². The third kappa shape index (κ3) is 2.95. The van der Waals surface area contributed by atoms with Crippen LogP contribution in [0, 0.1) is 0 Å². The molecule has 0 aliphatic heterocycles. The van der Waals surface area contributed by atoms with E-state index >= 15 is 0 Å². The van der Waals surface area contributed by atoms with Crippen LogP contribution in [0.2, 0.25) is 0 Å². The summed E-state index contributed by atoms with van der Waals surface area (Å²) in [5.41, 5.74) is 0.334. The van der Waals surface area contributed by atoms with Gasteiger partial charge < -0.3 is 0 Å². The molecule has 1 aliphatic rings. The molecule has 0 radical (unpaired) electrons. The number of benzene rings is 1. The monoisotopic (exact) mass is 262 g/mol. The molecule has 2 unspecified atom stereocenters. The van der Waals surface area contributed by atoms with Crippen molar-refractivity contribution in [2.75, 3.05) is 0 Å². The third-order valence-corrected chi connectivity index (χ3v) is 3.87. The van der Waals surface area contributed by atoms with E-state index in [1.807, 2.05) is 0 Å². The molecule has 1 aliphatic carbocycles. The van der Waals surface area contributed by atoms with Crippen molar-refractivity contribution in [2.45, 2.75) is 43.2 Å². The van der Waals surface area contributed by atoms with Crippen molar-refractivity contribution in [3.63, 3.8) is 0 Å². The molecule has 1 aromatic rings. The Hall–Kier alpha value is -0.700. The Labute approximate surface area is 104 Å². The van der Waals surface area contributed by atoms with Gasteiger partial charge in [-0.25, -0.2) is 0 Å². The highest BCUT2D eigenvalue weighted by atomic mass is 35.5. The largest absolute Gasteiger partial charge is 0.416 e. The average Bonchev–Trinajstić information content (AvgIpc) is 2.29. The van der Waals surface area contributed by atoms with E-state index in [-0.39, 0.29) is 11.3 Å². The highest BCUT2D eigenvalue weighted by molar-refractivity contribution is 6.21. The van der Waals surface area contributed by atoms with Gasteiger partial charge in [0.2, 0.25) is 0 Å². The van der Waals surface area contributed by atoms with E-state index in [1.54, 1.807) is 12.1 Å². The van der Waals surface area contributed by atoms with E-state index in [0.717, 1.165) is 43.4 Å². The molecule has 0 heterocycles. The van der Waals surface area contributed by atoms with Crippen molar-refractivity contribution in [1.29, 1.82) is 0 Å². The molecular formula is C13H14ClF3. The van der Waals surface area contributed by atoms with Crippen LogP contribution >= 0.6 is 11.6 Å². The van der Waals surface area contributed by atoms with Gasteiger partial charge >= 0.3 is 6.18 Å². The molecule has 1 saturated carbocycles. The van der Waals surface area contributed by atoms with Crippen molar-refractivity contribution in [2.24, 2.45) is 0 Å². The van der Waals surface area contributed by atoms with E-state index in [4.69, 9.17) is 11.6 Å². The fraction of sp³-hybridized carbons (Fsp3) is 0.538. The van der Waals surface area contributed by atoms with E-state index in [1.165, 1.54) is 0 Å². The van der Waals surface area contributed by atoms with Crippen LogP contribution < -0.4 is 0 Å². The van der Waals surface area contributed by atoms with Crippen LogP contribution in [0.25, 0.3) is 0 Å². The summed E-state index contributed by atoms with van der Waals surface area (Å²) in [5, 5.41) is 0.0560. The Morgan fingerprint density at radius 3 is 2.12 bits per heavy atom. The lowest BCUT2D eigenvalue weighted by Crippen LogP contribution is -2.17. The number of hydrogen-bond acceptors (Lipinski definition) is 0. The molecule has 0 nitrogen and oxygen atoms in total. The van der Waals surface area contributed by atoms with Gasteiger partial charge in [-0.2, -0.15) is 13.2 Å². The first kappa shape index (κ1) is 12.7. The van der Waals surface area contributed by atoms with Gasteiger partial charge in [-0.1, -0.05) is 25.0 Å². The summed E-state index contributed by atoms with van der Waals surface area (Å²) >= 11 is 6.22. The fourth-order valence-corrected chi connectivity index (χ4v) is 2.81. The quantitative estimate of drug-likeness (QED) is 0.627. The molecule has 1 aromatic carbocycles. The van der Waals surface area contributed by atoms with Crippen LogP contribution in [0.4, 0.5) is 13.2 Å². The maximum absolute atomic E-state index is 12.4. The predicted octanol–water partition coefficient (Wildman–Crippen LogP) is 4.97. The molecule has 4 heteroatoms. The van der Waals surface area contributed by atoms with Gasteiger partial charge in [0.1, 0.15) is 0 Å². The fourth-order valence-electron chi connectivity index (χ4n) is 2.38. The first-order valence-electron chi connectivity index (χ1n) is 5.80. The summed E-state index contributed by atoms with van der Waals surface area (Å²) in [6, 6.07) is 5.42. The predicted molar refractivity (Wildman–Crippen MR) is 62.3 cm³/mol. The van der Waals surface area contributed by atoms with Gasteiger partial charge in [0.15, 0.2) is 0 Å². The second-order valence-corrected chi connectivity index (χ2v) is 5.09. The summed E-state index contributed by atoms with van der Waals surface area (Å²) in [5.74, 6) is 0.202. The van der Waals surface area contributed by atoms with E-state index < -0.39 is 11.7 Å². The normalized spacial score (nSPS) is 25.9. The Kier molecular flexibility index (Phi) is 3.67. The molecule has 2 atom stereocenters. The van der Waals surface area contributed by atoms with Gasteiger partial charge in [-0.05, 0) is 30.5 Å². The Morgan fingerprint density at radius 2 is 1.59 bits per heavy atom. The minimum Gasteiger partial charge on any atom is -0.166 e. The minimum absolute atomic E-state index is 0.0560. The molecule has 17 heavy (non-hydrogen) atoms. The molecular weight excluding hydrogens is 249 g/mol. The molecule has 0 N–H and O–H groups in total. The maximum Gasteiger partial charge on any atom is 0.416 e. The van der Waals surface area contributed by atoms with Crippen LogP contribution in [0.15, 0.2) is 24.3 Å². The second kappa shape index (κ2) is 4.89. The summed E-state index contributed by atoms with van der Waals surface area (Å²) in [7, 11) is 0. The molecule has 0 spiro atoms. The lowest BCUT2D eigenvalue weighted by molar-refractivity contribution is -0.137. The SMILES string of the molecule is FC(F)(F)c1ccc(C2CCCCC2Cl)cc1. The first-order chi connectivity index (χ1) is 7.98. The van der Waals surface area contributed by atoms with Crippen LogP contribution in [0.1, 0.15) is 42.7 Å². The van der Waals surface area contributed by atoms with Crippen molar-refractivity contribution in [3.8, 4) is 0 Å². The molecule has 1 fully saturated rings. The Bertz CT molecular complexity index is 369. The highest BCUT2D eigenvalue weighted by Crippen LogP contribution is 2.37. The molecule has 0 aromatic heterocycles. The highest BCUT2D eigenvalue weighted by Gasteiger charge is 2.31. The molecule has 2 rings (SSSR count). The number of rotatable bonds is 1. The third-order valence-electron chi connectivity index (χ3n) is 3.35. The van der Waals surface area contributed by atoms with E-state index in [9.17, 15) is 13.2 Å².